The predicted octanol–water partition coefficient (Wildman–Crippen LogP) is 6.22. The minimum absolute atomic E-state index is 0.00709. The van der Waals surface area contributed by atoms with E-state index in [4.69, 9.17) is 11.6 Å². The number of carbonyl (C=O) groups is 1. The maximum atomic E-state index is 14.5. The molecule has 3 aromatic rings. The van der Waals surface area contributed by atoms with Gasteiger partial charge in [-0.3, -0.25) is 5.10 Å². The van der Waals surface area contributed by atoms with Crippen molar-refractivity contribution in [3.8, 4) is 0 Å². The highest BCUT2D eigenvalue weighted by Crippen LogP contribution is 2.39. The summed E-state index contributed by atoms with van der Waals surface area (Å²) in [6.07, 6.45) is -1.05. The number of halogens is 5. The minimum Gasteiger partial charge on any atom is -0.331 e. The van der Waals surface area contributed by atoms with E-state index < -0.39 is 40.6 Å². The van der Waals surface area contributed by atoms with Crippen LogP contribution in [0.5, 0.6) is 0 Å². The number of H-pyrrole nitrogens is 1. The largest absolute Gasteiger partial charge is 0.414 e. The summed E-state index contributed by atoms with van der Waals surface area (Å²) in [6, 6.07) is 5.05. The molecule has 0 spiro atoms. The van der Waals surface area contributed by atoms with E-state index in [9.17, 15) is 22.4 Å². The molecule has 0 saturated heterocycles. The van der Waals surface area contributed by atoms with Gasteiger partial charge in [0.15, 0.2) is 17.5 Å². The van der Waals surface area contributed by atoms with Crippen molar-refractivity contribution in [2.75, 3.05) is 22.6 Å². The number of urea groups is 1. The molecule has 4 rings (SSSR count). The molecule has 0 bridgehead atoms. The number of nitrogens with zero attached hydrogens (tertiary/aromatic N) is 4. The Morgan fingerprint density at radius 1 is 1.21 bits per heavy atom. The van der Waals surface area contributed by atoms with Crippen molar-refractivity contribution < 1.29 is 22.4 Å². The van der Waals surface area contributed by atoms with Crippen molar-refractivity contribution in [1.82, 2.24) is 25.5 Å². The van der Waals surface area contributed by atoms with Gasteiger partial charge in [-0.15, -0.1) is 0 Å². The molecule has 2 heterocycles. The molecule has 1 aliphatic carbocycles. The summed E-state index contributed by atoms with van der Waals surface area (Å²) in [5.41, 5.74) is 1.53. The van der Waals surface area contributed by atoms with E-state index in [1.165, 1.54) is 17.9 Å². The third kappa shape index (κ3) is 6.30. The van der Waals surface area contributed by atoms with Crippen LogP contribution in [0.25, 0.3) is 0 Å². The third-order valence-electron chi connectivity index (χ3n) is 6.13. The normalized spacial score (nSPS) is 17.3. The first-order valence-corrected chi connectivity index (χ1v) is 12.1. The van der Waals surface area contributed by atoms with Crippen molar-refractivity contribution in [3.05, 3.63) is 70.3 Å². The van der Waals surface area contributed by atoms with Crippen molar-refractivity contribution in [2.45, 2.75) is 33.0 Å². The summed E-state index contributed by atoms with van der Waals surface area (Å²) in [6.45, 7) is 4.96. The third-order valence-corrected chi connectivity index (χ3v) is 6.46. The van der Waals surface area contributed by atoms with Gasteiger partial charge in [-0.05, 0) is 37.6 Å². The molecule has 39 heavy (non-hydrogen) atoms. The van der Waals surface area contributed by atoms with Crippen molar-refractivity contribution >= 4 is 46.6 Å². The zero-order valence-electron chi connectivity index (χ0n) is 21.3. The Labute approximate surface area is 226 Å². The second kappa shape index (κ2) is 10.9. The number of aryl methyl sites for hydroxylation is 2. The fraction of sp³-hybridized carbons (Fsp3) is 0.280. The van der Waals surface area contributed by atoms with Gasteiger partial charge in [0.05, 0.1) is 17.8 Å². The summed E-state index contributed by atoms with van der Waals surface area (Å²) in [7, 11) is 1.61. The van der Waals surface area contributed by atoms with Gasteiger partial charge in [0, 0.05) is 41.1 Å². The van der Waals surface area contributed by atoms with Crippen LogP contribution in [-0.2, 0) is 0 Å². The van der Waals surface area contributed by atoms with E-state index in [1.807, 2.05) is 6.92 Å². The van der Waals surface area contributed by atoms with Crippen LogP contribution in [-0.4, -0.2) is 45.5 Å². The van der Waals surface area contributed by atoms with Gasteiger partial charge in [-0.1, -0.05) is 30.7 Å². The number of carbonyl (C=O) groups excluding carboxylic acids is 1. The average Bonchev–Trinajstić information content (AvgIpc) is 3.29. The first kappa shape index (κ1) is 27.9. The first-order chi connectivity index (χ1) is 18.3. The quantitative estimate of drug-likeness (QED) is 0.265. The summed E-state index contributed by atoms with van der Waals surface area (Å²) in [5.74, 6) is -1.18. The Balaban J connectivity index is 1.47. The minimum atomic E-state index is -4.62. The summed E-state index contributed by atoms with van der Waals surface area (Å²) < 4.78 is 54.7. The van der Waals surface area contributed by atoms with E-state index >= 15 is 0 Å². The number of aromatic amines is 1. The highest BCUT2D eigenvalue weighted by atomic mass is 35.5. The molecular formula is C25H25ClF4N8O. The zero-order valence-corrected chi connectivity index (χ0v) is 22.0. The van der Waals surface area contributed by atoms with Gasteiger partial charge in [0.1, 0.15) is 0 Å². The van der Waals surface area contributed by atoms with Crippen LogP contribution < -0.4 is 20.9 Å². The number of aromatic nitrogens is 4. The number of nitrogens with one attached hydrogen (secondary N) is 4. The Morgan fingerprint density at radius 3 is 2.62 bits per heavy atom. The Bertz CT molecular complexity index is 1450. The van der Waals surface area contributed by atoms with E-state index in [2.05, 4.69) is 36.1 Å². The van der Waals surface area contributed by atoms with Crippen LogP contribution in [0.2, 0.25) is 0 Å². The molecule has 206 valence electrons. The van der Waals surface area contributed by atoms with Crippen LogP contribution in [0.1, 0.15) is 18.2 Å². The molecule has 0 fully saturated rings. The summed E-state index contributed by atoms with van der Waals surface area (Å²) in [4.78, 5) is 22.4. The van der Waals surface area contributed by atoms with Gasteiger partial charge in [-0.2, -0.15) is 23.3 Å². The van der Waals surface area contributed by atoms with Crippen LogP contribution >= 0.6 is 11.6 Å². The monoisotopic (exact) mass is 564 g/mol. The van der Waals surface area contributed by atoms with Gasteiger partial charge in [0.25, 0.3) is 0 Å². The first-order valence-electron chi connectivity index (χ1n) is 11.7. The van der Waals surface area contributed by atoms with E-state index in [0.717, 1.165) is 23.5 Å². The molecule has 4 N–H and O–H groups in total. The zero-order chi connectivity index (χ0) is 28.5. The molecule has 9 nitrogen and oxygen atoms in total. The van der Waals surface area contributed by atoms with Crippen LogP contribution in [0.3, 0.4) is 0 Å². The fourth-order valence-electron chi connectivity index (χ4n) is 4.02. The Kier molecular flexibility index (Phi) is 7.82. The maximum Gasteiger partial charge on any atom is 0.414 e. The van der Waals surface area contributed by atoms with Gasteiger partial charge < -0.3 is 20.9 Å². The lowest BCUT2D eigenvalue weighted by Crippen LogP contribution is -2.44. The molecule has 2 amide bonds. The maximum absolute atomic E-state index is 14.5. The number of amides is 2. The number of hydrogen-bond donors (Lipinski definition) is 4. The molecular weight excluding hydrogens is 540 g/mol. The molecule has 0 radical (unpaired) electrons. The molecule has 0 saturated carbocycles. The van der Waals surface area contributed by atoms with E-state index in [0.29, 0.717) is 17.2 Å². The molecule has 0 aliphatic heterocycles. The fourth-order valence-corrected chi connectivity index (χ4v) is 4.37. The second-order valence-electron chi connectivity index (χ2n) is 9.02. The van der Waals surface area contributed by atoms with E-state index in [1.54, 1.807) is 38.2 Å². The van der Waals surface area contributed by atoms with Crippen molar-refractivity contribution in [2.24, 2.45) is 5.92 Å². The van der Waals surface area contributed by atoms with Gasteiger partial charge in [-0.25, -0.2) is 14.2 Å². The molecule has 2 unspecified atom stereocenters. The molecule has 1 aromatic carbocycles. The lowest BCUT2D eigenvalue weighted by Gasteiger charge is -2.29. The second-order valence-corrected chi connectivity index (χ2v) is 9.43. The topological polar surface area (TPSA) is 111 Å². The lowest BCUT2D eigenvalue weighted by molar-refractivity contribution is -0.0995. The smallest absolute Gasteiger partial charge is 0.331 e. The van der Waals surface area contributed by atoms with Crippen molar-refractivity contribution in [3.63, 3.8) is 0 Å². The predicted molar refractivity (Wildman–Crippen MR) is 141 cm³/mol. The number of benzene rings is 1. The van der Waals surface area contributed by atoms with Crippen LogP contribution in [0, 0.1) is 25.6 Å². The van der Waals surface area contributed by atoms with Crippen LogP contribution in [0.15, 0.2) is 53.2 Å². The molecule has 1 aliphatic rings. The highest BCUT2D eigenvalue weighted by molar-refractivity contribution is 6.31. The summed E-state index contributed by atoms with van der Waals surface area (Å²) >= 11 is 5.76. The van der Waals surface area contributed by atoms with E-state index in [-0.39, 0.29) is 11.8 Å². The number of alkyl halides is 3. The number of anilines is 5. The Morgan fingerprint density at radius 2 is 1.95 bits per heavy atom. The van der Waals surface area contributed by atoms with Gasteiger partial charge in [0.2, 0.25) is 5.95 Å². The summed E-state index contributed by atoms with van der Waals surface area (Å²) in [5, 5.41) is 14.6. The lowest BCUT2D eigenvalue weighted by atomic mass is 9.88. The standard InChI is InChI=1S/C25H25ClF4N8O/c1-12-5-6-15(32-24(39)34-18-8-7-16(26)21(14(18)3)25(28,29)30)10-19(12)33-23-31-11-17(27)22(35-23)38(4)20-9-13(2)36-37-20/h5-11,14,18H,1-4H3,(H,36,37)(H,31,33,35)(H2,32,34,39). The molecule has 2 aromatic heterocycles. The highest BCUT2D eigenvalue weighted by Gasteiger charge is 2.42. The SMILES string of the molecule is Cc1cc(N(C)c2nc(Nc3cc(NC(=O)NC4C=CC(Cl)=C(C(F)(F)F)C4C)ccc3C)ncc2F)n[nH]1. The van der Waals surface area contributed by atoms with Crippen molar-refractivity contribution in [1.29, 1.82) is 0 Å². The number of hydrogen-bond acceptors (Lipinski definition) is 6. The number of rotatable bonds is 6. The molecule has 2 atom stereocenters. The van der Waals surface area contributed by atoms with Crippen LogP contribution in [0.4, 0.5) is 51.3 Å². The average molecular weight is 565 g/mol. The number of allylic oxidation sites excluding steroid dienone is 2. The van der Waals surface area contributed by atoms with Gasteiger partial charge >= 0.3 is 12.2 Å². The molecule has 14 heteroatoms. The Hall–Kier alpha value is -4.13.